The number of carbonyl (C=O) groups excluding carboxylic acids is 1. The molecule has 116 valence electrons. The van der Waals surface area contributed by atoms with Gasteiger partial charge in [-0.3, -0.25) is 9.89 Å². The molecule has 3 aromatic rings. The van der Waals surface area contributed by atoms with Gasteiger partial charge in [0.2, 0.25) is 0 Å². The van der Waals surface area contributed by atoms with Crippen LogP contribution < -0.4 is 10.6 Å². The van der Waals surface area contributed by atoms with Crippen LogP contribution in [0.1, 0.15) is 28.3 Å². The third kappa shape index (κ3) is 2.59. The van der Waals surface area contributed by atoms with Crippen LogP contribution in [0, 0.1) is 0 Å². The van der Waals surface area contributed by atoms with E-state index in [1.165, 1.54) is 0 Å². The van der Waals surface area contributed by atoms with E-state index in [9.17, 15) is 4.79 Å². The Morgan fingerprint density at radius 3 is 2.96 bits per heavy atom. The van der Waals surface area contributed by atoms with Gasteiger partial charge in [0.25, 0.3) is 5.91 Å². The zero-order valence-electron chi connectivity index (χ0n) is 12.7. The van der Waals surface area contributed by atoms with Crippen LogP contribution in [-0.2, 0) is 0 Å². The van der Waals surface area contributed by atoms with E-state index in [4.69, 9.17) is 0 Å². The van der Waals surface area contributed by atoms with Gasteiger partial charge in [0, 0.05) is 17.5 Å². The van der Waals surface area contributed by atoms with Gasteiger partial charge >= 0.3 is 0 Å². The van der Waals surface area contributed by atoms with E-state index in [0.717, 1.165) is 47.2 Å². The highest BCUT2D eigenvalue weighted by Gasteiger charge is 2.22. The van der Waals surface area contributed by atoms with Gasteiger partial charge in [0.05, 0.1) is 17.4 Å². The van der Waals surface area contributed by atoms with E-state index < -0.39 is 0 Å². The number of benzene rings is 2. The minimum atomic E-state index is -0.0744. The number of hydrogen-bond donors (Lipinski definition) is 3. The standard InChI is InChI=1S/C18H18N4O/c23-18(21-16-7-3-4-13-11-20-22-17(13)16)15-6-2-1-5-14(15)12-8-9-19-10-12/h1-7,11-12,19H,8-10H2,(H,20,22)(H,21,23)/t12-/m0/s1. The molecule has 0 bridgehead atoms. The molecular formula is C18H18N4O. The second-order valence-electron chi connectivity index (χ2n) is 5.87. The Labute approximate surface area is 134 Å². The van der Waals surface area contributed by atoms with Crippen LogP contribution in [0.4, 0.5) is 5.69 Å². The number of aromatic nitrogens is 2. The summed E-state index contributed by atoms with van der Waals surface area (Å²) in [6, 6.07) is 13.6. The van der Waals surface area contributed by atoms with Gasteiger partial charge in [-0.25, -0.2) is 0 Å². The molecule has 1 atom stereocenters. The van der Waals surface area contributed by atoms with Gasteiger partial charge in [0.1, 0.15) is 0 Å². The second-order valence-corrected chi connectivity index (χ2v) is 5.87. The molecule has 23 heavy (non-hydrogen) atoms. The van der Waals surface area contributed by atoms with Crippen LogP contribution in [0.3, 0.4) is 0 Å². The van der Waals surface area contributed by atoms with Gasteiger partial charge in [-0.1, -0.05) is 30.3 Å². The third-order valence-electron chi connectivity index (χ3n) is 4.43. The molecule has 1 amide bonds. The summed E-state index contributed by atoms with van der Waals surface area (Å²) in [5, 5.41) is 14.3. The van der Waals surface area contributed by atoms with E-state index >= 15 is 0 Å². The summed E-state index contributed by atoms with van der Waals surface area (Å²) in [6.07, 6.45) is 2.82. The molecular weight excluding hydrogens is 288 g/mol. The average Bonchev–Trinajstić information content (AvgIpc) is 3.27. The fraction of sp³-hybridized carbons (Fsp3) is 0.222. The molecule has 0 aliphatic carbocycles. The molecule has 1 aliphatic rings. The van der Waals surface area contributed by atoms with Crippen molar-refractivity contribution in [3.8, 4) is 0 Å². The lowest BCUT2D eigenvalue weighted by molar-refractivity contribution is 0.102. The first-order valence-electron chi connectivity index (χ1n) is 7.86. The molecule has 0 saturated carbocycles. The SMILES string of the molecule is O=C(Nc1cccc2cn[nH]c12)c1ccccc1[C@H]1CCNC1. The summed E-state index contributed by atoms with van der Waals surface area (Å²) in [5.74, 6) is 0.328. The van der Waals surface area contributed by atoms with Crippen LogP contribution in [0.15, 0.2) is 48.7 Å². The van der Waals surface area contributed by atoms with Crippen LogP contribution >= 0.6 is 0 Å². The normalized spacial score (nSPS) is 17.5. The Hall–Kier alpha value is -2.66. The largest absolute Gasteiger partial charge is 0.320 e. The van der Waals surface area contributed by atoms with Gasteiger partial charge in [-0.05, 0) is 36.6 Å². The van der Waals surface area contributed by atoms with Crippen molar-refractivity contribution >= 4 is 22.5 Å². The topological polar surface area (TPSA) is 69.8 Å². The molecule has 1 aliphatic heterocycles. The Morgan fingerprint density at radius 1 is 1.17 bits per heavy atom. The first-order chi connectivity index (χ1) is 11.3. The predicted molar refractivity (Wildman–Crippen MR) is 90.7 cm³/mol. The van der Waals surface area contributed by atoms with E-state index in [1.807, 2.05) is 36.4 Å². The molecule has 1 aromatic heterocycles. The van der Waals surface area contributed by atoms with Gasteiger partial charge in [-0.15, -0.1) is 0 Å². The van der Waals surface area contributed by atoms with Gasteiger partial charge < -0.3 is 10.6 Å². The van der Waals surface area contributed by atoms with Crippen molar-refractivity contribution in [2.45, 2.75) is 12.3 Å². The van der Waals surface area contributed by atoms with Crippen molar-refractivity contribution in [3.63, 3.8) is 0 Å². The molecule has 5 heteroatoms. The third-order valence-corrected chi connectivity index (χ3v) is 4.43. The molecule has 0 spiro atoms. The minimum Gasteiger partial charge on any atom is -0.320 e. The first-order valence-corrected chi connectivity index (χ1v) is 7.86. The first kappa shape index (κ1) is 14.0. The fourth-order valence-corrected chi connectivity index (χ4v) is 3.24. The summed E-state index contributed by atoms with van der Waals surface area (Å²) < 4.78 is 0. The van der Waals surface area contributed by atoms with Crippen molar-refractivity contribution in [2.24, 2.45) is 0 Å². The number of rotatable bonds is 3. The van der Waals surface area contributed by atoms with E-state index in [0.29, 0.717) is 5.92 Å². The average molecular weight is 306 g/mol. The molecule has 0 radical (unpaired) electrons. The maximum Gasteiger partial charge on any atom is 0.256 e. The quantitative estimate of drug-likeness (QED) is 0.697. The smallest absolute Gasteiger partial charge is 0.256 e. The number of amides is 1. The lowest BCUT2D eigenvalue weighted by atomic mass is 9.93. The summed E-state index contributed by atoms with van der Waals surface area (Å²) in [5.41, 5.74) is 3.47. The highest BCUT2D eigenvalue weighted by molar-refractivity contribution is 6.09. The molecule has 3 N–H and O–H groups in total. The molecule has 0 unspecified atom stereocenters. The lowest BCUT2D eigenvalue weighted by Gasteiger charge is -2.15. The number of nitrogens with zero attached hydrogens (tertiary/aromatic N) is 1. The van der Waals surface area contributed by atoms with Gasteiger partial charge in [0.15, 0.2) is 0 Å². The summed E-state index contributed by atoms with van der Waals surface area (Å²) in [7, 11) is 0. The van der Waals surface area contributed by atoms with Crippen LogP contribution in [0.2, 0.25) is 0 Å². The lowest BCUT2D eigenvalue weighted by Crippen LogP contribution is -2.17. The Morgan fingerprint density at radius 2 is 2.09 bits per heavy atom. The second kappa shape index (κ2) is 5.85. The molecule has 5 nitrogen and oxygen atoms in total. The van der Waals surface area contributed by atoms with E-state index in [2.05, 4.69) is 26.9 Å². The van der Waals surface area contributed by atoms with Crippen molar-refractivity contribution < 1.29 is 4.79 Å². The highest BCUT2D eigenvalue weighted by atomic mass is 16.1. The summed E-state index contributed by atoms with van der Waals surface area (Å²) in [6.45, 7) is 1.94. The maximum absolute atomic E-state index is 12.8. The number of carbonyl (C=O) groups is 1. The summed E-state index contributed by atoms with van der Waals surface area (Å²) in [4.78, 5) is 12.8. The number of hydrogen-bond acceptors (Lipinski definition) is 3. The summed E-state index contributed by atoms with van der Waals surface area (Å²) >= 11 is 0. The van der Waals surface area contributed by atoms with E-state index in [1.54, 1.807) is 6.20 Å². The monoisotopic (exact) mass is 306 g/mol. The van der Waals surface area contributed by atoms with Crippen LogP contribution in [-0.4, -0.2) is 29.2 Å². The number of H-pyrrole nitrogens is 1. The number of para-hydroxylation sites is 1. The van der Waals surface area contributed by atoms with Crippen molar-refractivity contribution in [2.75, 3.05) is 18.4 Å². The fourth-order valence-electron chi connectivity index (χ4n) is 3.24. The van der Waals surface area contributed by atoms with Crippen LogP contribution in [0.25, 0.3) is 10.9 Å². The zero-order valence-corrected chi connectivity index (χ0v) is 12.7. The highest BCUT2D eigenvalue weighted by Crippen LogP contribution is 2.27. The number of nitrogens with one attached hydrogen (secondary N) is 3. The van der Waals surface area contributed by atoms with Crippen molar-refractivity contribution in [1.82, 2.24) is 15.5 Å². The van der Waals surface area contributed by atoms with Crippen LogP contribution in [0.5, 0.6) is 0 Å². The zero-order chi connectivity index (χ0) is 15.6. The van der Waals surface area contributed by atoms with Crippen molar-refractivity contribution in [3.05, 3.63) is 59.8 Å². The van der Waals surface area contributed by atoms with E-state index in [-0.39, 0.29) is 5.91 Å². The predicted octanol–water partition coefficient (Wildman–Crippen LogP) is 2.89. The number of fused-ring (bicyclic) bond motifs is 1. The molecule has 4 rings (SSSR count). The van der Waals surface area contributed by atoms with Gasteiger partial charge in [-0.2, -0.15) is 5.10 Å². The van der Waals surface area contributed by atoms with Crippen molar-refractivity contribution in [1.29, 1.82) is 0 Å². The molecule has 1 saturated heterocycles. The Bertz CT molecular complexity index is 849. The number of anilines is 1. The number of aromatic amines is 1. The Kier molecular flexibility index (Phi) is 3.55. The molecule has 1 fully saturated rings. The minimum absolute atomic E-state index is 0.0744. The Balaban J connectivity index is 1.66. The molecule has 2 aromatic carbocycles. The molecule has 2 heterocycles. The maximum atomic E-state index is 12.8.